The first-order valence-corrected chi connectivity index (χ1v) is 9.68. The predicted octanol–water partition coefficient (Wildman–Crippen LogP) is 4.71. The Morgan fingerprint density at radius 1 is 1.11 bits per heavy atom. The number of benzene rings is 2. The monoisotopic (exact) mass is 390 g/mol. The lowest BCUT2D eigenvalue weighted by atomic mass is 10.2. The van der Waals surface area contributed by atoms with Crippen molar-refractivity contribution in [2.75, 3.05) is 11.9 Å². The number of aromatic nitrogens is 3. The Morgan fingerprint density at radius 2 is 1.93 bits per heavy atom. The third-order valence-electron chi connectivity index (χ3n) is 4.10. The van der Waals surface area contributed by atoms with E-state index in [2.05, 4.69) is 39.3 Å². The molecule has 28 heavy (non-hydrogen) atoms. The maximum Gasteiger partial charge on any atom is 0.274 e. The molecule has 0 fully saturated rings. The van der Waals surface area contributed by atoms with Crippen LogP contribution < -0.4 is 10.1 Å². The van der Waals surface area contributed by atoms with E-state index >= 15 is 0 Å². The number of carbonyl (C=O) groups is 1. The molecule has 0 saturated heterocycles. The smallest absolute Gasteiger partial charge is 0.274 e. The standard InChI is InChI=1S/C21H18N4O2S/c1-3-27-19-11-17(22-12-23-19)20(26)24-15-7-5-14(6-8-15)21-25-16-9-4-13(2)10-18(16)28-21/h4-12H,3H2,1-2H3,(H,24,26). The summed E-state index contributed by atoms with van der Waals surface area (Å²) < 4.78 is 6.47. The molecule has 0 atom stereocenters. The molecule has 2 aromatic heterocycles. The SMILES string of the molecule is CCOc1cc(C(=O)Nc2ccc(-c3nc4ccc(C)cc4s3)cc2)ncn1. The third-order valence-corrected chi connectivity index (χ3v) is 5.17. The Morgan fingerprint density at radius 3 is 2.71 bits per heavy atom. The van der Waals surface area contributed by atoms with Crippen molar-refractivity contribution in [1.82, 2.24) is 15.0 Å². The molecule has 0 radical (unpaired) electrons. The lowest BCUT2D eigenvalue weighted by molar-refractivity contribution is 0.102. The summed E-state index contributed by atoms with van der Waals surface area (Å²) >= 11 is 1.66. The summed E-state index contributed by atoms with van der Waals surface area (Å²) in [4.78, 5) is 25.1. The van der Waals surface area contributed by atoms with E-state index in [0.717, 1.165) is 16.1 Å². The van der Waals surface area contributed by atoms with Crippen molar-refractivity contribution in [3.8, 4) is 16.5 Å². The zero-order valence-electron chi connectivity index (χ0n) is 15.5. The van der Waals surface area contributed by atoms with Crippen LogP contribution in [0.4, 0.5) is 5.69 Å². The number of thiazole rings is 1. The highest BCUT2D eigenvalue weighted by Gasteiger charge is 2.11. The first kappa shape index (κ1) is 18.1. The Kier molecular flexibility index (Phi) is 4.99. The van der Waals surface area contributed by atoms with Crippen LogP contribution >= 0.6 is 11.3 Å². The highest BCUT2D eigenvalue weighted by atomic mass is 32.1. The van der Waals surface area contributed by atoms with Crippen molar-refractivity contribution in [3.63, 3.8) is 0 Å². The Bertz CT molecular complexity index is 1140. The van der Waals surface area contributed by atoms with Gasteiger partial charge >= 0.3 is 0 Å². The van der Waals surface area contributed by atoms with Gasteiger partial charge in [0.15, 0.2) is 0 Å². The van der Waals surface area contributed by atoms with Gasteiger partial charge in [0.2, 0.25) is 5.88 Å². The first-order chi connectivity index (χ1) is 13.6. The van der Waals surface area contributed by atoms with Crippen LogP contribution in [-0.2, 0) is 0 Å². The van der Waals surface area contributed by atoms with Gasteiger partial charge in [0.05, 0.1) is 16.8 Å². The first-order valence-electron chi connectivity index (χ1n) is 8.86. The van der Waals surface area contributed by atoms with E-state index in [9.17, 15) is 4.79 Å². The zero-order valence-corrected chi connectivity index (χ0v) is 16.3. The van der Waals surface area contributed by atoms with Gasteiger partial charge in [-0.3, -0.25) is 4.79 Å². The maximum atomic E-state index is 12.4. The fourth-order valence-electron chi connectivity index (χ4n) is 2.74. The van der Waals surface area contributed by atoms with Gasteiger partial charge in [0.1, 0.15) is 17.0 Å². The average molecular weight is 390 g/mol. The van der Waals surface area contributed by atoms with E-state index in [-0.39, 0.29) is 11.6 Å². The Balaban J connectivity index is 1.51. The molecule has 7 heteroatoms. The van der Waals surface area contributed by atoms with Gasteiger partial charge in [-0.1, -0.05) is 6.07 Å². The largest absolute Gasteiger partial charge is 0.478 e. The number of rotatable bonds is 5. The minimum Gasteiger partial charge on any atom is -0.478 e. The average Bonchev–Trinajstić information content (AvgIpc) is 3.12. The minimum absolute atomic E-state index is 0.254. The van der Waals surface area contributed by atoms with Crippen molar-refractivity contribution in [2.45, 2.75) is 13.8 Å². The summed E-state index contributed by atoms with van der Waals surface area (Å²) in [6, 6.07) is 15.4. The molecule has 6 nitrogen and oxygen atoms in total. The maximum absolute atomic E-state index is 12.4. The van der Waals surface area contributed by atoms with Crippen molar-refractivity contribution < 1.29 is 9.53 Å². The molecule has 2 aromatic carbocycles. The predicted molar refractivity (Wildman–Crippen MR) is 111 cm³/mol. The highest BCUT2D eigenvalue weighted by Crippen LogP contribution is 2.31. The van der Waals surface area contributed by atoms with Crippen LogP contribution in [0.5, 0.6) is 5.88 Å². The number of hydrogen-bond donors (Lipinski definition) is 1. The summed E-state index contributed by atoms with van der Waals surface area (Å²) in [5, 5.41) is 3.79. The number of carbonyl (C=O) groups excluding carboxylic acids is 1. The molecule has 140 valence electrons. The molecule has 2 heterocycles. The molecule has 4 aromatic rings. The Labute approximate surface area is 166 Å². The minimum atomic E-state index is -0.313. The van der Waals surface area contributed by atoms with Gasteiger partial charge in [-0.25, -0.2) is 15.0 Å². The van der Waals surface area contributed by atoms with Crippen LogP contribution in [0.2, 0.25) is 0 Å². The second-order valence-corrected chi connectivity index (χ2v) is 7.23. The number of aryl methyl sites for hydroxylation is 1. The number of fused-ring (bicyclic) bond motifs is 1. The van der Waals surface area contributed by atoms with E-state index in [4.69, 9.17) is 4.74 Å². The molecule has 0 saturated carbocycles. The molecule has 4 rings (SSSR count). The molecule has 0 bridgehead atoms. The molecule has 0 aliphatic carbocycles. The van der Waals surface area contributed by atoms with Crippen molar-refractivity contribution >= 4 is 33.1 Å². The quantitative estimate of drug-likeness (QED) is 0.534. The van der Waals surface area contributed by atoms with Gasteiger partial charge in [-0.15, -0.1) is 11.3 Å². The Hall–Kier alpha value is -3.32. The van der Waals surface area contributed by atoms with Gasteiger partial charge in [0.25, 0.3) is 5.91 Å². The molecule has 1 N–H and O–H groups in total. The van der Waals surface area contributed by atoms with E-state index in [1.54, 1.807) is 11.3 Å². The third kappa shape index (κ3) is 3.84. The number of nitrogens with zero attached hydrogens (tertiary/aromatic N) is 3. The number of anilines is 1. The van der Waals surface area contributed by atoms with Crippen LogP contribution in [0, 0.1) is 6.92 Å². The number of nitrogens with one attached hydrogen (secondary N) is 1. The van der Waals surface area contributed by atoms with Crippen LogP contribution in [0.15, 0.2) is 54.9 Å². The summed E-state index contributed by atoms with van der Waals surface area (Å²) in [7, 11) is 0. The second kappa shape index (κ2) is 7.74. The summed E-state index contributed by atoms with van der Waals surface area (Å²) in [5.41, 5.74) is 4.17. The van der Waals surface area contributed by atoms with Gasteiger partial charge in [-0.2, -0.15) is 0 Å². The lowest BCUT2D eigenvalue weighted by Crippen LogP contribution is -2.14. The molecule has 0 aliphatic rings. The number of amides is 1. The summed E-state index contributed by atoms with van der Waals surface area (Å²) in [5.74, 6) is 0.0654. The second-order valence-electron chi connectivity index (χ2n) is 6.20. The summed E-state index contributed by atoms with van der Waals surface area (Å²) in [6.45, 7) is 4.41. The van der Waals surface area contributed by atoms with Crippen LogP contribution in [0.25, 0.3) is 20.8 Å². The van der Waals surface area contributed by atoms with Crippen molar-refractivity contribution in [2.24, 2.45) is 0 Å². The normalized spacial score (nSPS) is 10.8. The van der Waals surface area contributed by atoms with Crippen LogP contribution in [-0.4, -0.2) is 27.5 Å². The highest BCUT2D eigenvalue weighted by molar-refractivity contribution is 7.21. The molecular formula is C21H18N4O2S. The van der Waals surface area contributed by atoms with E-state index in [0.29, 0.717) is 18.2 Å². The van der Waals surface area contributed by atoms with Crippen LogP contribution in [0.3, 0.4) is 0 Å². The lowest BCUT2D eigenvalue weighted by Gasteiger charge is -2.06. The van der Waals surface area contributed by atoms with Gasteiger partial charge in [0, 0.05) is 17.3 Å². The topological polar surface area (TPSA) is 77.0 Å². The van der Waals surface area contributed by atoms with Gasteiger partial charge < -0.3 is 10.1 Å². The molecular weight excluding hydrogens is 372 g/mol. The fourth-order valence-corrected chi connectivity index (χ4v) is 3.81. The van der Waals surface area contributed by atoms with E-state index < -0.39 is 0 Å². The molecule has 0 aliphatic heterocycles. The molecule has 0 spiro atoms. The zero-order chi connectivity index (χ0) is 19.5. The van der Waals surface area contributed by atoms with E-state index in [1.807, 2.05) is 37.3 Å². The van der Waals surface area contributed by atoms with Crippen molar-refractivity contribution in [3.05, 3.63) is 66.1 Å². The number of hydrogen-bond acceptors (Lipinski definition) is 6. The van der Waals surface area contributed by atoms with Gasteiger partial charge in [-0.05, 0) is 55.8 Å². The summed E-state index contributed by atoms with van der Waals surface area (Å²) in [6.07, 6.45) is 1.32. The fraction of sp³-hybridized carbons (Fsp3) is 0.143. The van der Waals surface area contributed by atoms with Crippen molar-refractivity contribution in [1.29, 1.82) is 0 Å². The van der Waals surface area contributed by atoms with E-state index in [1.165, 1.54) is 22.7 Å². The van der Waals surface area contributed by atoms with Crippen LogP contribution in [0.1, 0.15) is 23.0 Å². The molecule has 1 amide bonds. The molecule has 0 unspecified atom stereocenters. The number of ether oxygens (including phenoxy) is 1.